The van der Waals surface area contributed by atoms with Gasteiger partial charge in [0.15, 0.2) is 0 Å². The summed E-state index contributed by atoms with van der Waals surface area (Å²) in [5.74, 6) is -0.101. The quantitative estimate of drug-likeness (QED) is 0.829. The number of phenolic OH excluding ortho intramolecular Hbond substituents is 1. The number of aromatic hydroxyl groups is 1. The molecule has 2 amide bonds. The summed E-state index contributed by atoms with van der Waals surface area (Å²) in [5.41, 5.74) is 0.760. The highest BCUT2D eigenvalue weighted by Gasteiger charge is 2.34. The predicted molar refractivity (Wildman–Crippen MR) is 83.4 cm³/mol. The van der Waals surface area contributed by atoms with Gasteiger partial charge in [-0.2, -0.15) is 0 Å². The largest absolute Gasteiger partial charge is 0.507 e. The van der Waals surface area contributed by atoms with E-state index in [1.807, 2.05) is 6.92 Å². The number of halogens is 1. The minimum Gasteiger partial charge on any atom is -0.507 e. The van der Waals surface area contributed by atoms with Gasteiger partial charge in [0.1, 0.15) is 5.75 Å². The minimum absolute atomic E-state index is 0.137. The first-order valence-corrected chi connectivity index (χ1v) is 7.87. The molecule has 1 fully saturated rings. The second kappa shape index (κ2) is 6.45. The zero-order chi connectivity index (χ0) is 14.7. The number of hydrogen-bond donors (Lipinski definition) is 1. The van der Waals surface area contributed by atoms with E-state index >= 15 is 0 Å². The van der Waals surface area contributed by atoms with Gasteiger partial charge in [-0.3, -0.25) is 14.5 Å². The van der Waals surface area contributed by atoms with Crippen molar-refractivity contribution >= 4 is 44.9 Å². The van der Waals surface area contributed by atoms with Crippen LogP contribution in [-0.2, 0) is 4.79 Å². The molecule has 6 heteroatoms. The molecule has 0 bridgehead atoms. The molecule has 1 N–H and O–H groups in total. The van der Waals surface area contributed by atoms with Gasteiger partial charge in [0.25, 0.3) is 11.1 Å². The summed E-state index contributed by atoms with van der Waals surface area (Å²) >= 11 is 4.18. The van der Waals surface area contributed by atoms with Crippen LogP contribution in [0.25, 0.3) is 6.08 Å². The standard InChI is InChI=1S/C14H14BrNO3S/c1-2-3-6-16-13(18)12(20-14(16)19)8-9-4-5-11(17)10(15)7-9/h4-5,7-8,17H,2-3,6H2,1H3/b12-8-. The number of carbonyl (C=O) groups is 2. The predicted octanol–water partition coefficient (Wildman–Crippen LogP) is 3.99. The highest BCUT2D eigenvalue weighted by Crippen LogP contribution is 2.33. The molecule has 0 radical (unpaired) electrons. The number of phenols is 1. The molecule has 106 valence electrons. The summed E-state index contributed by atoms with van der Waals surface area (Å²) in [7, 11) is 0. The van der Waals surface area contributed by atoms with Crippen molar-refractivity contribution in [3.05, 3.63) is 33.1 Å². The topological polar surface area (TPSA) is 57.6 Å². The van der Waals surface area contributed by atoms with Gasteiger partial charge in [0.2, 0.25) is 0 Å². The third-order valence-corrected chi connectivity index (χ3v) is 4.42. The van der Waals surface area contributed by atoms with Gasteiger partial charge in [0.05, 0.1) is 9.38 Å². The third-order valence-electron chi connectivity index (χ3n) is 2.88. The molecule has 0 atom stereocenters. The summed E-state index contributed by atoms with van der Waals surface area (Å²) in [6.07, 6.45) is 3.42. The Kier molecular flexibility index (Phi) is 4.88. The second-order valence-corrected chi connectivity index (χ2v) is 6.25. The van der Waals surface area contributed by atoms with E-state index in [1.54, 1.807) is 18.2 Å². The summed E-state index contributed by atoms with van der Waals surface area (Å²) < 4.78 is 0.552. The zero-order valence-corrected chi connectivity index (χ0v) is 13.3. The van der Waals surface area contributed by atoms with Crippen molar-refractivity contribution in [3.63, 3.8) is 0 Å². The van der Waals surface area contributed by atoms with Crippen molar-refractivity contribution in [2.75, 3.05) is 6.54 Å². The highest BCUT2D eigenvalue weighted by molar-refractivity contribution is 9.10. The van der Waals surface area contributed by atoms with E-state index in [9.17, 15) is 14.7 Å². The molecule has 1 aromatic rings. The first-order valence-electron chi connectivity index (χ1n) is 6.27. The average molecular weight is 356 g/mol. The van der Waals surface area contributed by atoms with Gasteiger partial charge in [-0.1, -0.05) is 19.4 Å². The van der Waals surface area contributed by atoms with Crippen LogP contribution in [0.4, 0.5) is 4.79 Å². The smallest absolute Gasteiger partial charge is 0.293 e. The van der Waals surface area contributed by atoms with Crippen LogP contribution in [0.2, 0.25) is 0 Å². The molecule has 0 spiro atoms. The molecule has 0 saturated carbocycles. The normalized spacial score (nSPS) is 17.3. The van der Waals surface area contributed by atoms with Crippen molar-refractivity contribution in [3.8, 4) is 5.75 Å². The van der Waals surface area contributed by atoms with Gasteiger partial charge in [-0.15, -0.1) is 0 Å². The Hall–Kier alpha value is -1.27. The lowest BCUT2D eigenvalue weighted by atomic mass is 10.2. The molecule has 0 aromatic heterocycles. The van der Waals surface area contributed by atoms with E-state index in [0.717, 1.165) is 30.2 Å². The first-order chi connectivity index (χ1) is 9.52. The van der Waals surface area contributed by atoms with Gasteiger partial charge in [0, 0.05) is 6.54 Å². The van der Waals surface area contributed by atoms with Crippen LogP contribution >= 0.6 is 27.7 Å². The number of carbonyl (C=O) groups excluding carboxylic acids is 2. The van der Waals surface area contributed by atoms with Gasteiger partial charge < -0.3 is 5.11 Å². The Bertz CT molecular complexity index is 586. The van der Waals surface area contributed by atoms with Gasteiger partial charge in [-0.05, 0) is 57.9 Å². The minimum atomic E-state index is -0.238. The number of unbranched alkanes of at least 4 members (excludes halogenated alkanes) is 1. The molecule has 20 heavy (non-hydrogen) atoms. The van der Waals surface area contributed by atoms with E-state index in [2.05, 4.69) is 15.9 Å². The fraction of sp³-hybridized carbons (Fsp3) is 0.286. The maximum atomic E-state index is 12.1. The summed E-state index contributed by atoms with van der Waals surface area (Å²) in [4.78, 5) is 25.6. The molecule has 1 aliphatic rings. The molecule has 1 aromatic carbocycles. The van der Waals surface area contributed by atoms with Gasteiger partial charge >= 0.3 is 0 Å². The van der Waals surface area contributed by atoms with Crippen molar-refractivity contribution < 1.29 is 14.7 Å². The van der Waals surface area contributed by atoms with E-state index < -0.39 is 0 Å². The number of rotatable bonds is 4. The SMILES string of the molecule is CCCCN1C(=O)S/C(=C\c2ccc(O)c(Br)c2)C1=O. The van der Waals surface area contributed by atoms with Crippen LogP contribution in [-0.4, -0.2) is 27.7 Å². The Morgan fingerprint density at radius 1 is 1.40 bits per heavy atom. The Balaban J connectivity index is 2.20. The lowest BCUT2D eigenvalue weighted by Crippen LogP contribution is -2.29. The van der Waals surface area contributed by atoms with Crippen LogP contribution in [0.1, 0.15) is 25.3 Å². The molecule has 1 aliphatic heterocycles. The molecule has 4 nitrogen and oxygen atoms in total. The highest BCUT2D eigenvalue weighted by atomic mass is 79.9. The lowest BCUT2D eigenvalue weighted by Gasteiger charge is -2.10. The third kappa shape index (κ3) is 3.24. The average Bonchev–Trinajstić information content (AvgIpc) is 2.67. The van der Waals surface area contributed by atoms with E-state index in [1.165, 1.54) is 11.0 Å². The van der Waals surface area contributed by atoms with Crippen molar-refractivity contribution in [1.29, 1.82) is 0 Å². The first kappa shape index (κ1) is 15.1. The van der Waals surface area contributed by atoms with E-state index in [4.69, 9.17) is 0 Å². The summed E-state index contributed by atoms with van der Waals surface area (Å²) in [6, 6.07) is 4.94. The molecular formula is C14H14BrNO3S. The van der Waals surface area contributed by atoms with Crippen molar-refractivity contribution in [2.45, 2.75) is 19.8 Å². The summed E-state index contributed by atoms with van der Waals surface area (Å²) in [6.45, 7) is 2.49. The lowest BCUT2D eigenvalue weighted by molar-refractivity contribution is -0.122. The van der Waals surface area contributed by atoms with Crippen LogP contribution in [0, 0.1) is 0 Å². The molecule has 1 heterocycles. The maximum absolute atomic E-state index is 12.1. The number of amides is 2. The Labute approximate surface area is 130 Å². The number of thioether (sulfide) groups is 1. The Morgan fingerprint density at radius 3 is 2.80 bits per heavy atom. The molecule has 1 saturated heterocycles. The van der Waals surface area contributed by atoms with Gasteiger partial charge in [-0.25, -0.2) is 0 Å². The van der Waals surface area contributed by atoms with Crippen molar-refractivity contribution in [1.82, 2.24) is 4.90 Å². The molecule has 0 aliphatic carbocycles. The fourth-order valence-corrected chi connectivity index (χ4v) is 3.03. The van der Waals surface area contributed by atoms with Crippen LogP contribution in [0.15, 0.2) is 27.6 Å². The zero-order valence-electron chi connectivity index (χ0n) is 10.9. The second-order valence-electron chi connectivity index (χ2n) is 4.40. The number of hydrogen-bond acceptors (Lipinski definition) is 4. The Morgan fingerprint density at radius 2 is 2.15 bits per heavy atom. The van der Waals surface area contributed by atoms with E-state index in [0.29, 0.717) is 15.9 Å². The number of imide groups is 1. The number of benzene rings is 1. The van der Waals surface area contributed by atoms with Crippen LogP contribution < -0.4 is 0 Å². The monoisotopic (exact) mass is 355 g/mol. The fourth-order valence-electron chi connectivity index (χ4n) is 1.77. The van der Waals surface area contributed by atoms with Crippen molar-refractivity contribution in [2.24, 2.45) is 0 Å². The molecule has 0 unspecified atom stereocenters. The van der Waals surface area contributed by atoms with Crippen LogP contribution in [0.3, 0.4) is 0 Å². The molecule has 2 rings (SSSR count). The number of nitrogens with zero attached hydrogens (tertiary/aromatic N) is 1. The summed E-state index contributed by atoms with van der Waals surface area (Å²) in [5, 5.41) is 9.22. The molecular weight excluding hydrogens is 342 g/mol. The van der Waals surface area contributed by atoms with E-state index in [-0.39, 0.29) is 16.9 Å². The maximum Gasteiger partial charge on any atom is 0.293 e. The van der Waals surface area contributed by atoms with Crippen LogP contribution in [0.5, 0.6) is 5.75 Å².